The van der Waals surface area contributed by atoms with Gasteiger partial charge in [-0.2, -0.15) is 5.10 Å². The molecule has 0 aliphatic carbocycles. The van der Waals surface area contributed by atoms with Gasteiger partial charge in [0.15, 0.2) is 0 Å². The van der Waals surface area contributed by atoms with Crippen LogP contribution in [0.3, 0.4) is 0 Å². The van der Waals surface area contributed by atoms with E-state index in [0.717, 1.165) is 0 Å². The van der Waals surface area contributed by atoms with E-state index in [9.17, 15) is 14.9 Å². The van der Waals surface area contributed by atoms with Crippen LogP contribution in [0.25, 0.3) is 5.69 Å². The summed E-state index contributed by atoms with van der Waals surface area (Å²) >= 11 is 0. The van der Waals surface area contributed by atoms with Crippen molar-refractivity contribution < 1.29 is 14.5 Å². The number of carbonyl (C=O) groups excluding carboxylic acids is 1. The first-order valence-electron chi connectivity index (χ1n) is 6.01. The predicted octanol–water partition coefficient (Wildman–Crippen LogP) is 2.27. The monoisotopic (exact) mass is 275 g/mol. The van der Waals surface area contributed by atoms with Crippen molar-refractivity contribution in [1.29, 1.82) is 0 Å². The lowest BCUT2D eigenvalue weighted by Crippen LogP contribution is -2.04. The molecule has 104 valence electrons. The molecule has 0 radical (unpaired) electrons. The molecular weight excluding hydrogens is 262 g/mol. The third-order valence-electron chi connectivity index (χ3n) is 2.72. The summed E-state index contributed by atoms with van der Waals surface area (Å²) in [7, 11) is 0. The standard InChI is InChI=1S/C13H13N3O4/c1-3-20-13(17)12-8-15(14-9(12)2)10-4-6-11(7-5-10)16(18)19/h4-8H,3H2,1-2H3. The summed E-state index contributed by atoms with van der Waals surface area (Å²) in [5.74, 6) is -0.432. The number of nitro benzene ring substituents is 1. The number of carbonyl (C=O) groups is 1. The second-order valence-corrected chi connectivity index (χ2v) is 4.07. The van der Waals surface area contributed by atoms with Crippen LogP contribution in [0.5, 0.6) is 0 Å². The number of nitro groups is 1. The molecule has 0 saturated carbocycles. The van der Waals surface area contributed by atoms with E-state index in [-0.39, 0.29) is 5.69 Å². The molecule has 0 aliphatic rings. The zero-order valence-electron chi connectivity index (χ0n) is 11.1. The maximum absolute atomic E-state index is 11.7. The minimum Gasteiger partial charge on any atom is -0.462 e. The Bertz CT molecular complexity index is 646. The number of hydrogen-bond donors (Lipinski definition) is 0. The largest absolute Gasteiger partial charge is 0.462 e. The quantitative estimate of drug-likeness (QED) is 0.485. The first kappa shape index (κ1) is 13.7. The van der Waals surface area contributed by atoms with E-state index >= 15 is 0 Å². The molecule has 7 nitrogen and oxygen atoms in total. The smallest absolute Gasteiger partial charge is 0.341 e. The van der Waals surface area contributed by atoms with E-state index in [2.05, 4.69) is 5.10 Å². The Kier molecular flexibility index (Phi) is 3.79. The summed E-state index contributed by atoms with van der Waals surface area (Å²) in [5.41, 5.74) is 1.56. The molecule has 0 N–H and O–H groups in total. The van der Waals surface area contributed by atoms with E-state index in [1.807, 2.05) is 0 Å². The fourth-order valence-electron chi connectivity index (χ4n) is 1.73. The molecule has 20 heavy (non-hydrogen) atoms. The van der Waals surface area contributed by atoms with Crippen molar-refractivity contribution in [1.82, 2.24) is 9.78 Å². The summed E-state index contributed by atoms with van der Waals surface area (Å²) in [6.07, 6.45) is 1.55. The van der Waals surface area contributed by atoms with Gasteiger partial charge in [0, 0.05) is 18.3 Å². The molecule has 0 fully saturated rings. The molecule has 2 rings (SSSR count). The van der Waals surface area contributed by atoms with Crippen LogP contribution >= 0.6 is 0 Å². The van der Waals surface area contributed by atoms with E-state index < -0.39 is 10.9 Å². The summed E-state index contributed by atoms with van der Waals surface area (Å²) in [4.78, 5) is 21.8. The molecule has 0 spiro atoms. The van der Waals surface area contributed by atoms with Crippen LogP contribution in [0, 0.1) is 17.0 Å². The topological polar surface area (TPSA) is 87.3 Å². The van der Waals surface area contributed by atoms with Crippen molar-refractivity contribution in [2.45, 2.75) is 13.8 Å². The Balaban J connectivity index is 2.32. The highest BCUT2D eigenvalue weighted by molar-refractivity contribution is 5.90. The van der Waals surface area contributed by atoms with Gasteiger partial charge in [-0.1, -0.05) is 0 Å². The number of esters is 1. The zero-order valence-corrected chi connectivity index (χ0v) is 11.1. The molecule has 0 unspecified atom stereocenters. The Hall–Kier alpha value is -2.70. The molecular formula is C13H13N3O4. The van der Waals surface area contributed by atoms with Crippen LogP contribution in [-0.2, 0) is 4.74 Å². The first-order valence-corrected chi connectivity index (χ1v) is 6.01. The number of benzene rings is 1. The Morgan fingerprint density at radius 2 is 2.05 bits per heavy atom. The van der Waals surface area contributed by atoms with Crippen molar-refractivity contribution in [2.24, 2.45) is 0 Å². The average Bonchev–Trinajstić information content (AvgIpc) is 2.81. The number of nitrogens with zero attached hydrogens (tertiary/aromatic N) is 3. The van der Waals surface area contributed by atoms with Crippen molar-refractivity contribution in [2.75, 3.05) is 6.61 Å². The van der Waals surface area contributed by atoms with Crippen LogP contribution in [-0.4, -0.2) is 27.3 Å². The number of ether oxygens (including phenoxy) is 1. The minimum atomic E-state index is -0.470. The van der Waals surface area contributed by atoms with Crippen LogP contribution in [0.15, 0.2) is 30.5 Å². The molecule has 1 aromatic heterocycles. The maximum Gasteiger partial charge on any atom is 0.341 e. The molecule has 7 heteroatoms. The lowest BCUT2D eigenvalue weighted by molar-refractivity contribution is -0.384. The molecule has 0 bridgehead atoms. The van der Waals surface area contributed by atoms with Crippen molar-refractivity contribution in [3.05, 3.63) is 51.8 Å². The van der Waals surface area contributed by atoms with E-state index in [0.29, 0.717) is 23.6 Å². The lowest BCUT2D eigenvalue weighted by Gasteiger charge is -2.00. The summed E-state index contributed by atoms with van der Waals surface area (Å²) < 4.78 is 6.42. The maximum atomic E-state index is 11.7. The highest BCUT2D eigenvalue weighted by Gasteiger charge is 2.15. The van der Waals surface area contributed by atoms with Crippen LogP contribution in [0.2, 0.25) is 0 Å². The van der Waals surface area contributed by atoms with Crippen molar-refractivity contribution in [3.8, 4) is 5.69 Å². The second kappa shape index (κ2) is 5.52. The number of non-ortho nitro benzene ring substituents is 1. The second-order valence-electron chi connectivity index (χ2n) is 4.07. The SMILES string of the molecule is CCOC(=O)c1cn(-c2ccc([N+](=O)[O-])cc2)nc1C. The Morgan fingerprint density at radius 3 is 2.60 bits per heavy atom. The molecule has 0 amide bonds. The average molecular weight is 275 g/mol. The first-order chi connectivity index (χ1) is 9.52. The molecule has 1 heterocycles. The Labute approximate surface area is 114 Å². The zero-order chi connectivity index (χ0) is 14.7. The highest BCUT2D eigenvalue weighted by Crippen LogP contribution is 2.17. The van der Waals surface area contributed by atoms with Crippen molar-refractivity contribution in [3.63, 3.8) is 0 Å². The fraction of sp³-hybridized carbons (Fsp3) is 0.231. The third-order valence-corrected chi connectivity index (χ3v) is 2.72. The van der Waals surface area contributed by atoms with Gasteiger partial charge in [-0.25, -0.2) is 9.48 Å². The van der Waals surface area contributed by atoms with Gasteiger partial charge in [0.1, 0.15) is 5.56 Å². The fourth-order valence-corrected chi connectivity index (χ4v) is 1.73. The number of hydrogen-bond acceptors (Lipinski definition) is 5. The van der Waals surface area contributed by atoms with Gasteiger partial charge in [-0.3, -0.25) is 10.1 Å². The van der Waals surface area contributed by atoms with Gasteiger partial charge in [-0.05, 0) is 26.0 Å². The lowest BCUT2D eigenvalue weighted by atomic mass is 10.2. The van der Waals surface area contributed by atoms with Gasteiger partial charge in [0.25, 0.3) is 5.69 Å². The number of aromatic nitrogens is 2. The molecule has 0 saturated heterocycles. The van der Waals surface area contributed by atoms with Gasteiger partial charge in [0.2, 0.25) is 0 Å². The Morgan fingerprint density at radius 1 is 1.40 bits per heavy atom. The van der Waals surface area contributed by atoms with Gasteiger partial charge in [-0.15, -0.1) is 0 Å². The third kappa shape index (κ3) is 2.66. The molecule has 1 aromatic carbocycles. The van der Waals surface area contributed by atoms with E-state index in [4.69, 9.17) is 4.74 Å². The normalized spacial score (nSPS) is 10.3. The molecule has 2 aromatic rings. The van der Waals surface area contributed by atoms with Gasteiger partial charge in [0.05, 0.1) is 22.9 Å². The minimum absolute atomic E-state index is 0.00300. The molecule has 0 atom stereocenters. The summed E-state index contributed by atoms with van der Waals surface area (Å²) in [6.45, 7) is 3.73. The number of aryl methyl sites for hydroxylation is 1. The van der Waals surface area contributed by atoms with E-state index in [1.165, 1.54) is 16.8 Å². The van der Waals surface area contributed by atoms with Crippen LogP contribution in [0.1, 0.15) is 23.0 Å². The van der Waals surface area contributed by atoms with Crippen molar-refractivity contribution >= 4 is 11.7 Å². The van der Waals surface area contributed by atoms with Crippen LogP contribution < -0.4 is 0 Å². The summed E-state index contributed by atoms with van der Waals surface area (Å²) in [6, 6.07) is 5.91. The molecule has 0 aliphatic heterocycles. The highest BCUT2D eigenvalue weighted by atomic mass is 16.6. The predicted molar refractivity (Wildman–Crippen MR) is 70.9 cm³/mol. The van der Waals surface area contributed by atoms with E-state index in [1.54, 1.807) is 32.2 Å². The summed E-state index contributed by atoms with van der Waals surface area (Å²) in [5, 5.41) is 14.8. The van der Waals surface area contributed by atoms with Gasteiger partial charge < -0.3 is 4.74 Å². The van der Waals surface area contributed by atoms with Crippen LogP contribution in [0.4, 0.5) is 5.69 Å². The number of rotatable bonds is 4. The van der Waals surface area contributed by atoms with Gasteiger partial charge >= 0.3 is 5.97 Å².